The van der Waals surface area contributed by atoms with Crippen LogP contribution >= 0.6 is 0 Å². The summed E-state index contributed by atoms with van der Waals surface area (Å²) in [5.41, 5.74) is 6.97. The molecule has 1 unspecified atom stereocenters. The molecule has 7 heteroatoms. The van der Waals surface area contributed by atoms with Crippen LogP contribution in [-0.2, 0) is 9.59 Å². The minimum atomic E-state index is -0.370. The Labute approximate surface area is 163 Å². The molecule has 1 heterocycles. The lowest BCUT2D eigenvalue weighted by molar-refractivity contribution is -0.913. The first-order valence-corrected chi connectivity index (χ1v) is 9.44. The number of carbonyl (C=O) groups excluding carboxylic acids is 3. The molecule has 0 radical (unpaired) electrons. The van der Waals surface area contributed by atoms with Crippen LogP contribution in [0.25, 0.3) is 0 Å². The first-order chi connectivity index (χ1) is 13.5. The molecule has 5 N–H and O–H groups in total. The van der Waals surface area contributed by atoms with Gasteiger partial charge in [-0.2, -0.15) is 0 Å². The molecule has 2 aromatic carbocycles. The molecule has 2 aromatic rings. The molecule has 0 saturated carbocycles. The van der Waals surface area contributed by atoms with Gasteiger partial charge in [-0.15, -0.1) is 0 Å². The molecule has 3 rings (SSSR count). The Hall–Kier alpha value is -3.19. The summed E-state index contributed by atoms with van der Waals surface area (Å²) in [4.78, 5) is 37.7. The molecule has 3 amide bonds. The Kier molecular flexibility index (Phi) is 6.39. The Balaban J connectivity index is 1.68. The molecule has 2 atom stereocenters. The Morgan fingerprint density at radius 3 is 2.43 bits per heavy atom. The number of nitrogens with one attached hydrogen (secondary N) is 3. The highest BCUT2D eigenvalue weighted by Gasteiger charge is 2.32. The number of hydrogen-bond acceptors (Lipinski definition) is 3. The largest absolute Gasteiger partial charge is 0.365 e. The maximum absolute atomic E-state index is 12.6. The normalized spacial score (nSPS) is 18.9. The van der Waals surface area contributed by atoms with Gasteiger partial charge in [-0.25, -0.2) is 0 Å². The van der Waals surface area contributed by atoms with E-state index in [9.17, 15) is 14.4 Å². The fourth-order valence-corrected chi connectivity index (χ4v) is 3.54. The molecule has 1 aliphatic rings. The molecule has 0 aromatic heterocycles. The fourth-order valence-electron chi connectivity index (χ4n) is 3.54. The van der Waals surface area contributed by atoms with Crippen LogP contribution in [0.4, 0.5) is 11.4 Å². The predicted octanol–water partition coefficient (Wildman–Crippen LogP) is 0.800. The number of anilines is 2. The van der Waals surface area contributed by atoms with Gasteiger partial charge in [-0.1, -0.05) is 30.3 Å². The van der Waals surface area contributed by atoms with Crippen LogP contribution in [0.3, 0.4) is 0 Å². The molecule has 28 heavy (non-hydrogen) atoms. The molecular formula is C21H25N4O3+. The van der Waals surface area contributed by atoms with Crippen molar-refractivity contribution >= 4 is 29.1 Å². The third-order valence-corrected chi connectivity index (χ3v) is 4.94. The summed E-state index contributed by atoms with van der Waals surface area (Å²) in [6, 6.07) is 15.6. The van der Waals surface area contributed by atoms with E-state index in [0.717, 1.165) is 24.3 Å². The molecule has 146 valence electrons. The number of likely N-dealkylation sites (tertiary alicyclic amines) is 1. The SMILES string of the molecule is NC(=O)[C@H]1CCCC[NH+]1CC(=O)Nc1ccccc1C(=O)Nc1ccccc1. The van der Waals surface area contributed by atoms with Crippen molar-refractivity contribution in [3.05, 3.63) is 60.2 Å². The number of carbonyl (C=O) groups is 3. The van der Waals surface area contributed by atoms with E-state index >= 15 is 0 Å². The number of amides is 3. The van der Waals surface area contributed by atoms with Crippen molar-refractivity contribution in [1.29, 1.82) is 0 Å². The van der Waals surface area contributed by atoms with Gasteiger partial charge in [-0.05, 0) is 37.1 Å². The number of primary amides is 1. The van der Waals surface area contributed by atoms with E-state index in [1.807, 2.05) is 18.2 Å². The Morgan fingerprint density at radius 2 is 1.68 bits per heavy atom. The lowest BCUT2D eigenvalue weighted by Crippen LogP contribution is -3.18. The number of benzene rings is 2. The van der Waals surface area contributed by atoms with Crippen LogP contribution in [0.1, 0.15) is 29.6 Å². The van der Waals surface area contributed by atoms with E-state index in [1.54, 1.807) is 36.4 Å². The lowest BCUT2D eigenvalue weighted by atomic mass is 10.0. The van der Waals surface area contributed by atoms with E-state index in [0.29, 0.717) is 23.4 Å². The van der Waals surface area contributed by atoms with Gasteiger partial charge >= 0.3 is 0 Å². The molecule has 1 aliphatic heterocycles. The second kappa shape index (κ2) is 9.14. The number of nitrogens with two attached hydrogens (primary N) is 1. The lowest BCUT2D eigenvalue weighted by Gasteiger charge is -2.29. The summed E-state index contributed by atoms with van der Waals surface area (Å²) in [5, 5.41) is 5.63. The summed E-state index contributed by atoms with van der Waals surface area (Å²) in [6.07, 6.45) is 2.61. The minimum absolute atomic E-state index is 0.141. The molecular weight excluding hydrogens is 356 g/mol. The number of piperidine rings is 1. The van der Waals surface area contributed by atoms with Crippen molar-refractivity contribution in [1.82, 2.24) is 0 Å². The minimum Gasteiger partial charge on any atom is -0.365 e. The summed E-state index contributed by atoms with van der Waals surface area (Å²) >= 11 is 0. The van der Waals surface area contributed by atoms with Gasteiger partial charge in [0.25, 0.3) is 17.7 Å². The van der Waals surface area contributed by atoms with Crippen LogP contribution in [0.5, 0.6) is 0 Å². The average Bonchev–Trinajstić information content (AvgIpc) is 2.69. The summed E-state index contributed by atoms with van der Waals surface area (Å²) in [7, 11) is 0. The van der Waals surface area contributed by atoms with E-state index in [4.69, 9.17) is 5.73 Å². The van der Waals surface area contributed by atoms with Gasteiger partial charge in [-0.3, -0.25) is 14.4 Å². The summed E-state index contributed by atoms with van der Waals surface area (Å²) in [6.45, 7) is 0.874. The molecule has 1 saturated heterocycles. The Morgan fingerprint density at radius 1 is 0.964 bits per heavy atom. The second-order valence-corrected chi connectivity index (χ2v) is 6.95. The first-order valence-electron chi connectivity index (χ1n) is 9.44. The maximum Gasteiger partial charge on any atom is 0.279 e. The van der Waals surface area contributed by atoms with Crippen molar-refractivity contribution in [2.75, 3.05) is 23.7 Å². The van der Waals surface area contributed by atoms with Crippen molar-refractivity contribution in [3.8, 4) is 0 Å². The zero-order chi connectivity index (χ0) is 19.9. The quantitative estimate of drug-likeness (QED) is 0.595. The van der Waals surface area contributed by atoms with Crippen molar-refractivity contribution < 1.29 is 19.3 Å². The highest BCUT2D eigenvalue weighted by Crippen LogP contribution is 2.17. The highest BCUT2D eigenvalue weighted by atomic mass is 16.2. The van der Waals surface area contributed by atoms with Gasteiger partial charge in [0.2, 0.25) is 0 Å². The molecule has 7 nitrogen and oxygen atoms in total. The first kappa shape index (κ1) is 19.6. The molecule has 0 spiro atoms. The number of hydrogen-bond donors (Lipinski definition) is 4. The van der Waals surface area contributed by atoms with Crippen LogP contribution in [0.15, 0.2) is 54.6 Å². The molecule has 1 fully saturated rings. The Bertz CT molecular complexity index is 854. The predicted molar refractivity (Wildman–Crippen MR) is 107 cm³/mol. The van der Waals surface area contributed by atoms with Gasteiger partial charge in [0.1, 0.15) is 0 Å². The monoisotopic (exact) mass is 381 g/mol. The van der Waals surface area contributed by atoms with Crippen molar-refractivity contribution in [2.45, 2.75) is 25.3 Å². The van der Waals surface area contributed by atoms with Crippen molar-refractivity contribution in [3.63, 3.8) is 0 Å². The maximum atomic E-state index is 12.6. The third kappa shape index (κ3) is 4.95. The fraction of sp³-hybridized carbons (Fsp3) is 0.286. The smallest absolute Gasteiger partial charge is 0.279 e. The van der Waals surface area contributed by atoms with E-state index in [-0.39, 0.29) is 30.3 Å². The van der Waals surface area contributed by atoms with Gasteiger partial charge in [0, 0.05) is 12.1 Å². The average molecular weight is 381 g/mol. The van der Waals surface area contributed by atoms with E-state index in [1.165, 1.54) is 0 Å². The number of quaternary nitrogens is 1. The summed E-state index contributed by atoms with van der Waals surface area (Å²) in [5.74, 6) is -0.921. The zero-order valence-corrected chi connectivity index (χ0v) is 15.6. The number of para-hydroxylation sites is 2. The summed E-state index contributed by atoms with van der Waals surface area (Å²) < 4.78 is 0. The standard InChI is InChI=1S/C21H24N4O3/c22-20(27)18-12-6-7-13-25(18)14-19(26)24-17-11-5-4-10-16(17)21(28)23-15-8-2-1-3-9-15/h1-5,8-11,18H,6-7,12-14H2,(H2,22,27)(H,23,28)(H,24,26)/p+1/t18-/m1/s1. The van der Waals surface area contributed by atoms with Crippen LogP contribution in [0, 0.1) is 0 Å². The van der Waals surface area contributed by atoms with Gasteiger partial charge in [0.15, 0.2) is 12.6 Å². The van der Waals surface area contributed by atoms with Gasteiger partial charge in [0.05, 0.1) is 17.8 Å². The van der Waals surface area contributed by atoms with Gasteiger partial charge < -0.3 is 21.3 Å². The second-order valence-electron chi connectivity index (χ2n) is 6.95. The van der Waals surface area contributed by atoms with Crippen LogP contribution < -0.4 is 21.3 Å². The topological polar surface area (TPSA) is 106 Å². The van der Waals surface area contributed by atoms with E-state index in [2.05, 4.69) is 10.6 Å². The van der Waals surface area contributed by atoms with Crippen LogP contribution in [-0.4, -0.2) is 36.9 Å². The number of rotatable bonds is 6. The third-order valence-electron chi connectivity index (χ3n) is 4.94. The van der Waals surface area contributed by atoms with Crippen LogP contribution in [0.2, 0.25) is 0 Å². The van der Waals surface area contributed by atoms with E-state index < -0.39 is 0 Å². The zero-order valence-electron chi connectivity index (χ0n) is 15.6. The molecule has 0 aliphatic carbocycles. The van der Waals surface area contributed by atoms with Crippen molar-refractivity contribution in [2.24, 2.45) is 5.73 Å². The molecule has 0 bridgehead atoms. The highest BCUT2D eigenvalue weighted by molar-refractivity contribution is 6.10.